The van der Waals surface area contributed by atoms with Crippen LogP contribution in [0.25, 0.3) is 11.0 Å². The molecule has 0 saturated heterocycles. The van der Waals surface area contributed by atoms with E-state index in [0.29, 0.717) is 6.54 Å². The molecule has 1 heterocycles. The van der Waals surface area contributed by atoms with Crippen molar-refractivity contribution >= 4 is 11.0 Å². The molecule has 0 unspecified atom stereocenters. The summed E-state index contributed by atoms with van der Waals surface area (Å²) in [6.07, 6.45) is 0. The molecule has 19 heavy (non-hydrogen) atoms. The van der Waals surface area contributed by atoms with Crippen molar-refractivity contribution in [3.05, 3.63) is 65.4 Å². The molecule has 0 aliphatic heterocycles. The molecular formula is C16H16N2O. The van der Waals surface area contributed by atoms with Crippen molar-refractivity contribution in [2.24, 2.45) is 0 Å². The van der Waals surface area contributed by atoms with Crippen molar-refractivity contribution in [3.8, 4) is 0 Å². The minimum absolute atomic E-state index is 0.713. The molecule has 3 rings (SSSR count). The maximum atomic E-state index is 5.28. The summed E-state index contributed by atoms with van der Waals surface area (Å²) in [4.78, 5) is 0. The molecule has 0 amide bonds. The lowest BCUT2D eigenvalue weighted by atomic mass is 10.1. The van der Waals surface area contributed by atoms with Crippen LogP contribution in [-0.4, -0.2) is 5.16 Å². The lowest BCUT2D eigenvalue weighted by molar-refractivity contribution is 0.441. The Hall–Kier alpha value is -2.13. The molecule has 1 N–H and O–H groups in total. The number of para-hydroxylation sites is 1. The van der Waals surface area contributed by atoms with Crippen LogP contribution in [0, 0.1) is 6.92 Å². The first-order valence-corrected chi connectivity index (χ1v) is 6.42. The Kier molecular flexibility index (Phi) is 3.29. The van der Waals surface area contributed by atoms with Gasteiger partial charge in [0.05, 0.1) is 0 Å². The van der Waals surface area contributed by atoms with Gasteiger partial charge in [0.2, 0.25) is 0 Å². The number of hydrogen-bond acceptors (Lipinski definition) is 3. The van der Waals surface area contributed by atoms with Crippen molar-refractivity contribution < 1.29 is 4.52 Å². The van der Waals surface area contributed by atoms with Gasteiger partial charge in [0.25, 0.3) is 0 Å². The molecule has 3 aromatic rings. The summed E-state index contributed by atoms with van der Waals surface area (Å²) >= 11 is 0. The summed E-state index contributed by atoms with van der Waals surface area (Å²) in [5.74, 6) is 0. The highest BCUT2D eigenvalue weighted by Crippen LogP contribution is 2.17. The zero-order valence-electron chi connectivity index (χ0n) is 10.9. The summed E-state index contributed by atoms with van der Waals surface area (Å²) in [7, 11) is 0. The summed E-state index contributed by atoms with van der Waals surface area (Å²) < 4.78 is 5.28. The van der Waals surface area contributed by atoms with Gasteiger partial charge >= 0.3 is 0 Å². The van der Waals surface area contributed by atoms with Crippen LogP contribution in [0.2, 0.25) is 0 Å². The van der Waals surface area contributed by atoms with Crippen LogP contribution < -0.4 is 5.32 Å². The van der Waals surface area contributed by atoms with Crippen LogP contribution >= 0.6 is 0 Å². The molecule has 96 valence electrons. The highest BCUT2D eigenvalue weighted by molar-refractivity contribution is 5.79. The maximum Gasteiger partial charge on any atom is 0.167 e. The number of rotatable bonds is 4. The van der Waals surface area contributed by atoms with Gasteiger partial charge < -0.3 is 9.84 Å². The third-order valence-electron chi connectivity index (χ3n) is 3.19. The predicted molar refractivity (Wildman–Crippen MR) is 75.7 cm³/mol. The van der Waals surface area contributed by atoms with Gasteiger partial charge in [0.15, 0.2) is 5.58 Å². The number of aryl methyl sites for hydroxylation is 1. The van der Waals surface area contributed by atoms with Gasteiger partial charge in [-0.25, -0.2) is 0 Å². The first-order valence-electron chi connectivity index (χ1n) is 6.42. The van der Waals surface area contributed by atoms with E-state index in [4.69, 9.17) is 4.52 Å². The quantitative estimate of drug-likeness (QED) is 0.773. The largest absolute Gasteiger partial charge is 0.356 e. The smallest absolute Gasteiger partial charge is 0.167 e. The Morgan fingerprint density at radius 2 is 1.79 bits per heavy atom. The summed E-state index contributed by atoms with van der Waals surface area (Å²) in [5.41, 5.74) is 4.36. The van der Waals surface area contributed by atoms with Gasteiger partial charge in [-0.3, -0.25) is 0 Å². The molecule has 0 bridgehead atoms. The van der Waals surface area contributed by atoms with Crippen molar-refractivity contribution in [2.45, 2.75) is 20.0 Å². The molecular weight excluding hydrogens is 236 g/mol. The van der Waals surface area contributed by atoms with Gasteiger partial charge in [-0.15, -0.1) is 0 Å². The van der Waals surface area contributed by atoms with Crippen LogP contribution in [0.4, 0.5) is 0 Å². The normalized spacial score (nSPS) is 11.0. The van der Waals surface area contributed by atoms with Crippen LogP contribution in [0.3, 0.4) is 0 Å². The Balaban J connectivity index is 1.65. The zero-order valence-corrected chi connectivity index (χ0v) is 10.9. The first kappa shape index (κ1) is 11.9. The van der Waals surface area contributed by atoms with Crippen LogP contribution in [-0.2, 0) is 13.1 Å². The average Bonchev–Trinajstić information content (AvgIpc) is 2.85. The number of nitrogens with one attached hydrogen (secondary N) is 1. The molecule has 0 aliphatic rings. The van der Waals surface area contributed by atoms with Crippen molar-refractivity contribution in [1.82, 2.24) is 10.5 Å². The molecule has 0 spiro atoms. The third kappa shape index (κ3) is 2.66. The summed E-state index contributed by atoms with van der Waals surface area (Å²) in [6, 6.07) is 16.5. The van der Waals surface area contributed by atoms with E-state index in [1.165, 1.54) is 11.1 Å². The lowest BCUT2D eigenvalue weighted by Crippen LogP contribution is -2.13. The minimum Gasteiger partial charge on any atom is -0.356 e. The molecule has 3 nitrogen and oxygen atoms in total. The second kappa shape index (κ2) is 5.24. The number of fused-ring (bicyclic) bond motifs is 1. The molecule has 1 aromatic heterocycles. The highest BCUT2D eigenvalue weighted by Gasteiger charge is 2.06. The fraction of sp³-hybridized carbons (Fsp3) is 0.188. The van der Waals surface area contributed by atoms with E-state index in [2.05, 4.69) is 41.7 Å². The summed E-state index contributed by atoms with van der Waals surface area (Å²) in [5, 5.41) is 8.58. The number of aromatic nitrogens is 1. The average molecular weight is 252 g/mol. The Morgan fingerprint density at radius 3 is 2.63 bits per heavy atom. The van der Waals surface area contributed by atoms with Crippen LogP contribution in [0.1, 0.15) is 16.8 Å². The van der Waals surface area contributed by atoms with Gasteiger partial charge in [-0.05, 0) is 24.6 Å². The Bertz CT molecular complexity index is 671. The van der Waals surface area contributed by atoms with E-state index in [-0.39, 0.29) is 0 Å². The van der Waals surface area contributed by atoms with Gasteiger partial charge in [-0.2, -0.15) is 0 Å². The lowest BCUT2D eigenvalue weighted by Gasteiger charge is -2.03. The minimum atomic E-state index is 0.713. The Labute approximate surface area is 112 Å². The summed E-state index contributed by atoms with van der Waals surface area (Å²) in [6.45, 7) is 3.64. The molecule has 3 heteroatoms. The maximum absolute atomic E-state index is 5.28. The number of nitrogens with zero attached hydrogens (tertiary/aromatic N) is 1. The van der Waals surface area contributed by atoms with Crippen molar-refractivity contribution in [3.63, 3.8) is 0 Å². The second-order valence-corrected chi connectivity index (χ2v) is 4.71. The molecule has 0 fully saturated rings. The number of hydrogen-bond donors (Lipinski definition) is 1. The fourth-order valence-electron chi connectivity index (χ4n) is 2.10. The molecule has 0 saturated carbocycles. The molecule has 0 aliphatic carbocycles. The van der Waals surface area contributed by atoms with E-state index in [1.54, 1.807) is 0 Å². The van der Waals surface area contributed by atoms with Gasteiger partial charge in [0.1, 0.15) is 5.69 Å². The first-order chi connectivity index (χ1) is 9.33. The Morgan fingerprint density at radius 1 is 1.00 bits per heavy atom. The predicted octanol–water partition coefficient (Wildman–Crippen LogP) is 3.43. The van der Waals surface area contributed by atoms with Crippen molar-refractivity contribution in [2.75, 3.05) is 0 Å². The highest BCUT2D eigenvalue weighted by atomic mass is 16.5. The van der Waals surface area contributed by atoms with Crippen LogP contribution in [0.5, 0.6) is 0 Å². The monoisotopic (exact) mass is 252 g/mol. The van der Waals surface area contributed by atoms with E-state index in [0.717, 1.165) is 23.2 Å². The SMILES string of the molecule is Cc1ccc(CNCc2noc3ccccc23)cc1. The third-order valence-corrected chi connectivity index (χ3v) is 3.19. The zero-order chi connectivity index (χ0) is 13.1. The van der Waals surface area contributed by atoms with E-state index < -0.39 is 0 Å². The van der Waals surface area contributed by atoms with E-state index in [9.17, 15) is 0 Å². The van der Waals surface area contributed by atoms with E-state index >= 15 is 0 Å². The fourth-order valence-corrected chi connectivity index (χ4v) is 2.10. The van der Waals surface area contributed by atoms with E-state index in [1.807, 2.05) is 24.3 Å². The van der Waals surface area contributed by atoms with Crippen LogP contribution in [0.15, 0.2) is 53.1 Å². The molecule has 0 radical (unpaired) electrons. The standard InChI is InChI=1S/C16H16N2O/c1-12-6-8-13(9-7-12)10-17-11-15-14-4-2-3-5-16(14)19-18-15/h2-9,17H,10-11H2,1H3. The topological polar surface area (TPSA) is 38.1 Å². The second-order valence-electron chi connectivity index (χ2n) is 4.71. The van der Waals surface area contributed by atoms with Gasteiger partial charge in [-0.1, -0.05) is 47.1 Å². The molecule has 0 atom stereocenters. The number of benzene rings is 2. The molecule has 2 aromatic carbocycles. The van der Waals surface area contributed by atoms with Crippen molar-refractivity contribution in [1.29, 1.82) is 0 Å². The van der Waals surface area contributed by atoms with Gasteiger partial charge in [0, 0.05) is 18.5 Å².